The van der Waals surface area contributed by atoms with Gasteiger partial charge in [0.1, 0.15) is 0 Å². The van der Waals surface area contributed by atoms with Crippen LogP contribution in [-0.4, -0.2) is 32.7 Å². The molecule has 0 aliphatic carbocycles. The van der Waals surface area contributed by atoms with Crippen molar-refractivity contribution in [2.75, 3.05) is 18.1 Å². The van der Waals surface area contributed by atoms with Crippen LogP contribution in [0.4, 0.5) is 5.69 Å². The minimum atomic E-state index is -3.35. The van der Waals surface area contributed by atoms with Crippen molar-refractivity contribution in [3.05, 3.63) is 59.7 Å². The summed E-state index contributed by atoms with van der Waals surface area (Å²) in [5.74, 6) is 0.115. The van der Waals surface area contributed by atoms with Crippen LogP contribution in [-0.2, 0) is 10.0 Å². The maximum absolute atomic E-state index is 12.1. The summed E-state index contributed by atoms with van der Waals surface area (Å²) < 4.78 is 29.6. The summed E-state index contributed by atoms with van der Waals surface area (Å²) in [6.45, 7) is 0. The number of benzene rings is 2. The van der Waals surface area contributed by atoms with E-state index in [-0.39, 0.29) is 11.5 Å². The Morgan fingerprint density at radius 2 is 1.83 bits per heavy atom. The van der Waals surface area contributed by atoms with Gasteiger partial charge in [0.15, 0.2) is 17.3 Å². The summed E-state index contributed by atoms with van der Waals surface area (Å²) in [5.41, 5.74) is 1.52. The van der Waals surface area contributed by atoms with Crippen LogP contribution >= 0.6 is 0 Å². The van der Waals surface area contributed by atoms with Crippen LogP contribution in [0.5, 0.6) is 11.5 Å². The molecule has 2 aromatic carbocycles. The first-order valence-corrected chi connectivity index (χ1v) is 8.85. The molecule has 0 aromatic heterocycles. The number of phenolic OH excluding ortho intramolecular Hbond substituents is 1. The van der Waals surface area contributed by atoms with Crippen molar-refractivity contribution >= 4 is 27.6 Å². The Labute approximate surface area is 140 Å². The van der Waals surface area contributed by atoms with Crippen molar-refractivity contribution in [2.24, 2.45) is 0 Å². The summed E-state index contributed by atoms with van der Waals surface area (Å²) in [7, 11) is -1.90. The molecule has 126 valence electrons. The van der Waals surface area contributed by atoms with Gasteiger partial charge in [-0.25, -0.2) is 8.42 Å². The molecule has 0 heterocycles. The fourth-order valence-corrected chi connectivity index (χ4v) is 2.55. The number of hydrogen-bond acceptors (Lipinski definition) is 5. The standard InChI is InChI=1S/C17H17NO5S/c1-23-17-11-12(4-10-16(17)20)3-9-15(19)13-5-7-14(8-6-13)18-24(2,21)22/h3-11,18,20H,1-2H3. The van der Waals surface area contributed by atoms with Crippen LogP contribution < -0.4 is 9.46 Å². The lowest BCUT2D eigenvalue weighted by Gasteiger charge is -2.04. The van der Waals surface area contributed by atoms with E-state index < -0.39 is 10.0 Å². The van der Waals surface area contributed by atoms with Gasteiger partial charge in [-0.15, -0.1) is 0 Å². The molecule has 0 bridgehead atoms. The number of rotatable bonds is 6. The van der Waals surface area contributed by atoms with Crippen LogP contribution in [0.1, 0.15) is 15.9 Å². The van der Waals surface area contributed by atoms with Crippen molar-refractivity contribution in [2.45, 2.75) is 0 Å². The second-order valence-corrected chi connectivity index (χ2v) is 6.83. The zero-order valence-electron chi connectivity index (χ0n) is 13.2. The summed E-state index contributed by atoms with van der Waals surface area (Å²) in [4.78, 5) is 12.1. The lowest BCUT2D eigenvalue weighted by molar-refractivity contribution is 0.104. The molecule has 2 rings (SSSR count). The number of ketones is 1. The van der Waals surface area contributed by atoms with Crippen molar-refractivity contribution in [1.29, 1.82) is 0 Å². The van der Waals surface area contributed by atoms with Gasteiger partial charge in [-0.1, -0.05) is 12.1 Å². The lowest BCUT2D eigenvalue weighted by atomic mass is 10.1. The van der Waals surface area contributed by atoms with Gasteiger partial charge in [0.2, 0.25) is 10.0 Å². The molecule has 0 aliphatic rings. The van der Waals surface area contributed by atoms with E-state index >= 15 is 0 Å². The summed E-state index contributed by atoms with van der Waals surface area (Å²) in [5, 5.41) is 9.53. The Kier molecular flexibility index (Phi) is 5.25. The van der Waals surface area contributed by atoms with Gasteiger partial charge >= 0.3 is 0 Å². The molecule has 2 N–H and O–H groups in total. The second-order valence-electron chi connectivity index (χ2n) is 5.08. The minimum Gasteiger partial charge on any atom is -0.504 e. The zero-order chi connectivity index (χ0) is 17.7. The van der Waals surface area contributed by atoms with Crippen LogP contribution in [0, 0.1) is 0 Å². The number of carbonyl (C=O) groups is 1. The highest BCUT2D eigenvalue weighted by atomic mass is 32.2. The van der Waals surface area contributed by atoms with Crippen molar-refractivity contribution < 1.29 is 23.1 Å². The average molecular weight is 347 g/mol. The third-order valence-electron chi connectivity index (χ3n) is 3.10. The molecule has 0 radical (unpaired) electrons. The van der Waals surface area contributed by atoms with E-state index in [0.717, 1.165) is 6.26 Å². The molecule has 7 heteroatoms. The zero-order valence-corrected chi connectivity index (χ0v) is 14.0. The first-order chi connectivity index (χ1) is 11.3. The molecule has 0 aliphatic heterocycles. The van der Waals surface area contributed by atoms with Gasteiger partial charge in [-0.3, -0.25) is 9.52 Å². The molecule has 0 amide bonds. The third kappa shape index (κ3) is 4.85. The van der Waals surface area contributed by atoms with E-state index in [1.165, 1.54) is 43.5 Å². The Hall–Kier alpha value is -2.80. The van der Waals surface area contributed by atoms with E-state index in [1.54, 1.807) is 18.2 Å². The number of phenols is 1. The smallest absolute Gasteiger partial charge is 0.229 e. The van der Waals surface area contributed by atoms with Gasteiger partial charge in [0.25, 0.3) is 0 Å². The van der Waals surface area contributed by atoms with E-state index in [0.29, 0.717) is 22.6 Å². The SMILES string of the molecule is COc1cc(C=CC(=O)c2ccc(NS(C)(=O)=O)cc2)ccc1O. The third-order valence-corrected chi connectivity index (χ3v) is 3.71. The number of hydrogen-bond donors (Lipinski definition) is 2. The van der Waals surface area contributed by atoms with Gasteiger partial charge in [-0.05, 0) is 48.0 Å². The van der Waals surface area contributed by atoms with Crippen molar-refractivity contribution in [3.63, 3.8) is 0 Å². The topological polar surface area (TPSA) is 92.7 Å². The van der Waals surface area contributed by atoms with Crippen LogP contribution in [0.2, 0.25) is 0 Å². The normalized spacial score (nSPS) is 11.4. The molecule has 0 saturated carbocycles. The Bertz CT molecular complexity index is 870. The van der Waals surface area contributed by atoms with Crippen LogP contribution in [0.3, 0.4) is 0 Å². The molecular formula is C17H17NO5S. The Balaban J connectivity index is 2.12. The van der Waals surface area contributed by atoms with Crippen molar-refractivity contribution in [3.8, 4) is 11.5 Å². The number of sulfonamides is 1. The maximum Gasteiger partial charge on any atom is 0.229 e. The summed E-state index contributed by atoms with van der Waals surface area (Å²) in [6, 6.07) is 10.9. The molecule has 6 nitrogen and oxygen atoms in total. The van der Waals surface area contributed by atoms with Gasteiger partial charge < -0.3 is 9.84 Å². The highest BCUT2D eigenvalue weighted by Crippen LogP contribution is 2.26. The molecule has 0 spiro atoms. The second kappa shape index (κ2) is 7.18. The van der Waals surface area contributed by atoms with E-state index in [4.69, 9.17) is 4.74 Å². The minimum absolute atomic E-state index is 0.0231. The predicted octanol–water partition coefficient (Wildman–Crippen LogP) is 2.67. The number of aromatic hydroxyl groups is 1. The Morgan fingerprint density at radius 1 is 1.17 bits per heavy atom. The first kappa shape index (κ1) is 17.6. The maximum atomic E-state index is 12.1. The summed E-state index contributed by atoms with van der Waals surface area (Å²) in [6.07, 6.45) is 4.05. The number of nitrogens with one attached hydrogen (secondary N) is 1. The largest absolute Gasteiger partial charge is 0.504 e. The monoisotopic (exact) mass is 347 g/mol. The summed E-state index contributed by atoms with van der Waals surface area (Å²) >= 11 is 0. The van der Waals surface area contributed by atoms with Crippen LogP contribution in [0.15, 0.2) is 48.5 Å². The first-order valence-electron chi connectivity index (χ1n) is 6.96. The number of carbonyl (C=O) groups excluding carboxylic acids is 1. The van der Waals surface area contributed by atoms with Crippen molar-refractivity contribution in [1.82, 2.24) is 0 Å². The predicted molar refractivity (Wildman–Crippen MR) is 92.9 cm³/mol. The fourth-order valence-electron chi connectivity index (χ4n) is 1.98. The molecule has 0 unspecified atom stereocenters. The van der Waals surface area contributed by atoms with Gasteiger partial charge in [0.05, 0.1) is 13.4 Å². The molecule has 0 fully saturated rings. The lowest BCUT2D eigenvalue weighted by Crippen LogP contribution is -2.09. The molecule has 0 atom stereocenters. The highest BCUT2D eigenvalue weighted by Gasteiger charge is 2.05. The molecule has 24 heavy (non-hydrogen) atoms. The average Bonchev–Trinajstić information content (AvgIpc) is 2.53. The fraction of sp³-hybridized carbons (Fsp3) is 0.118. The highest BCUT2D eigenvalue weighted by molar-refractivity contribution is 7.92. The number of anilines is 1. The number of methoxy groups -OCH3 is 1. The van der Waals surface area contributed by atoms with E-state index in [1.807, 2.05) is 0 Å². The van der Waals surface area contributed by atoms with Gasteiger partial charge in [-0.2, -0.15) is 0 Å². The van der Waals surface area contributed by atoms with Gasteiger partial charge in [0, 0.05) is 11.3 Å². The number of allylic oxidation sites excluding steroid dienone is 1. The molecule has 2 aromatic rings. The molecular weight excluding hydrogens is 330 g/mol. The van der Waals surface area contributed by atoms with E-state index in [2.05, 4.69) is 4.72 Å². The molecule has 0 saturated heterocycles. The Morgan fingerprint density at radius 3 is 2.42 bits per heavy atom. The van der Waals surface area contributed by atoms with E-state index in [9.17, 15) is 18.3 Å². The van der Waals surface area contributed by atoms with Crippen LogP contribution in [0.25, 0.3) is 6.08 Å². The number of ether oxygens (including phenoxy) is 1. The quantitative estimate of drug-likeness (QED) is 0.619.